The predicted octanol–water partition coefficient (Wildman–Crippen LogP) is 1.67. The summed E-state index contributed by atoms with van der Waals surface area (Å²) in [4.78, 5) is 4.43. The Labute approximate surface area is 138 Å². The molecule has 0 fully saturated rings. The van der Waals surface area contributed by atoms with Crippen LogP contribution in [0.15, 0.2) is 65.7 Å². The molecule has 0 bridgehead atoms. The van der Waals surface area contributed by atoms with E-state index in [-0.39, 0.29) is 10.6 Å². The number of hydrogen-bond donors (Lipinski definition) is 3. The average Bonchev–Trinajstić information content (AvgIpc) is 3.01. The van der Waals surface area contributed by atoms with Gasteiger partial charge in [0.25, 0.3) is 10.0 Å². The molecule has 3 rings (SSSR count). The molecule has 0 saturated carbocycles. The lowest BCUT2D eigenvalue weighted by molar-refractivity contribution is 0.468. The minimum Gasteiger partial charge on any atom is -0.361 e. The van der Waals surface area contributed by atoms with Gasteiger partial charge < -0.3 is 4.98 Å². The Bertz CT molecular complexity index is 1080. The van der Waals surface area contributed by atoms with Crippen molar-refractivity contribution in [2.24, 2.45) is 0 Å². The number of H-pyrrole nitrogens is 1. The fourth-order valence-electron chi connectivity index (χ4n) is 2.28. The Hall–Kier alpha value is -2.40. The van der Waals surface area contributed by atoms with Crippen molar-refractivity contribution in [2.75, 3.05) is 4.41 Å². The molecule has 10 heteroatoms. The minimum absolute atomic E-state index is 0.0511. The Morgan fingerprint density at radius 2 is 1.62 bits per heavy atom. The predicted molar refractivity (Wildman–Crippen MR) is 89.1 cm³/mol. The molecule has 0 unspecified atom stereocenters. The summed E-state index contributed by atoms with van der Waals surface area (Å²) in [6.07, 6.45) is 1.59. The maximum atomic E-state index is 12.9. The summed E-state index contributed by atoms with van der Waals surface area (Å²) in [5, 5.41) is 0.466. The van der Waals surface area contributed by atoms with Crippen LogP contribution in [0, 0.1) is 0 Å². The quantitative estimate of drug-likeness (QED) is 0.468. The lowest BCUT2D eigenvalue weighted by atomic mass is 10.2. The van der Waals surface area contributed by atoms with Gasteiger partial charge in [0.1, 0.15) is 0 Å². The summed E-state index contributed by atoms with van der Waals surface area (Å²) in [6.45, 7) is 0. The number of benzene rings is 2. The van der Waals surface area contributed by atoms with Crippen LogP contribution in [0.25, 0.3) is 10.9 Å². The number of fused-ring (bicyclic) bond motifs is 1. The van der Waals surface area contributed by atoms with Gasteiger partial charge in [-0.05, 0) is 30.3 Å². The molecule has 0 amide bonds. The molecule has 1 aromatic heterocycles. The standard InChI is InChI=1S/C14H13N3O5S2/c18-23(19,11-5-2-1-3-6-11)17(16-24(20,21)22)14-8-4-7-13-12(14)9-10-15-13/h1-10,15-16H,(H,20,21,22). The fourth-order valence-corrected chi connectivity index (χ4v) is 4.39. The second-order valence-electron chi connectivity index (χ2n) is 4.86. The van der Waals surface area contributed by atoms with Crippen LogP contribution in [0.4, 0.5) is 5.69 Å². The smallest absolute Gasteiger partial charge is 0.351 e. The van der Waals surface area contributed by atoms with Gasteiger partial charge in [0.2, 0.25) is 0 Å². The van der Waals surface area contributed by atoms with E-state index >= 15 is 0 Å². The highest BCUT2D eigenvalue weighted by Crippen LogP contribution is 2.29. The molecule has 3 aromatic rings. The third-order valence-corrected chi connectivity index (χ3v) is 5.44. The molecule has 24 heavy (non-hydrogen) atoms. The SMILES string of the molecule is O=S(=O)(O)NN(c1cccc2[nH]ccc12)S(=O)(=O)c1ccccc1. The Morgan fingerprint density at radius 1 is 0.917 bits per heavy atom. The second kappa shape index (κ2) is 5.91. The van der Waals surface area contributed by atoms with Gasteiger partial charge in [0.15, 0.2) is 0 Å². The van der Waals surface area contributed by atoms with E-state index < -0.39 is 20.3 Å². The number of hydrogen-bond acceptors (Lipinski definition) is 4. The molecule has 0 aliphatic heterocycles. The van der Waals surface area contributed by atoms with Gasteiger partial charge in [-0.1, -0.05) is 29.1 Å². The largest absolute Gasteiger partial charge is 0.361 e. The van der Waals surface area contributed by atoms with E-state index in [0.717, 1.165) is 0 Å². The minimum atomic E-state index is -4.83. The topological polar surface area (TPSA) is 120 Å². The van der Waals surface area contributed by atoms with Crippen molar-refractivity contribution in [3.8, 4) is 0 Å². The van der Waals surface area contributed by atoms with Crippen LogP contribution in [0.5, 0.6) is 0 Å². The van der Waals surface area contributed by atoms with Gasteiger partial charge >= 0.3 is 10.3 Å². The normalized spacial score (nSPS) is 12.4. The third-order valence-electron chi connectivity index (χ3n) is 3.27. The van der Waals surface area contributed by atoms with Crippen molar-refractivity contribution in [1.82, 2.24) is 9.82 Å². The van der Waals surface area contributed by atoms with E-state index in [4.69, 9.17) is 4.55 Å². The number of nitrogens with one attached hydrogen (secondary N) is 2. The highest BCUT2D eigenvalue weighted by atomic mass is 32.2. The van der Waals surface area contributed by atoms with Gasteiger partial charge in [0.05, 0.1) is 10.6 Å². The first-order valence-electron chi connectivity index (χ1n) is 6.70. The molecule has 0 aliphatic carbocycles. The van der Waals surface area contributed by atoms with E-state index in [1.807, 2.05) is 0 Å². The first kappa shape index (κ1) is 16.5. The van der Waals surface area contributed by atoms with Gasteiger partial charge in [-0.2, -0.15) is 21.2 Å². The molecule has 0 saturated heterocycles. The van der Waals surface area contributed by atoms with Gasteiger partial charge in [-0.15, -0.1) is 0 Å². The molecule has 8 nitrogen and oxygen atoms in total. The molecular formula is C14H13N3O5S2. The van der Waals surface area contributed by atoms with Crippen molar-refractivity contribution >= 4 is 36.9 Å². The van der Waals surface area contributed by atoms with Crippen LogP contribution in [-0.4, -0.2) is 26.4 Å². The van der Waals surface area contributed by atoms with Crippen LogP contribution in [0.3, 0.4) is 0 Å². The zero-order chi connectivity index (χ0) is 17.4. The van der Waals surface area contributed by atoms with Crippen molar-refractivity contribution in [3.05, 3.63) is 60.8 Å². The molecule has 126 valence electrons. The van der Waals surface area contributed by atoms with Gasteiger partial charge in [-0.3, -0.25) is 4.55 Å². The van der Waals surface area contributed by atoms with E-state index in [0.29, 0.717) is 15.3 Å². The van der Waals surface area contributed by atoms with Crippen LogP contribution in [-0.2, 0) is 20.3 Å². The number of sulfonamides is 1. The number of aromatic amines is 1. The summed E-state index contributed by atoms with van der Waals surface area (Å²) in [7, 11) is -9.12. The van der Waals surface area contributed by atoms with Gasteiger partial charge in [-0.25, -0.2) is 0 Å². The monoisotopic (exact) mass is 367 g/mol. The Balaban J connectivity index is 2.23. The van der Waals surface area contributed by atoms with Crippen LogP contribution >= 0.6 is 0 Å². The maximum Gasteiger partial charge on any atom is 0.351 e. The molecule has 0 aliphatic rings. The van der Waals surface area contributed by atoms with Crippen molar-refractivity contribution < 1.29 is 21.4 Å². The summed E-state index contributed by atoms with van der Waals surface area (Å²) in [6, 6.07) is 13.6. The first-order chi connectivity index (χ1) is 11.3. The Kier molecular flexibility index (Phi) is 4.05. The lowest BCUT2D eigenvalue weighted by Crippen LogP contribution is -2.46. The van der Waals surface area contributed by atoms with E-state index in [9.17, 15) is 16.8 Å². The first-order valence-corrected chi connectivity index (χ1v) is 9.58. The lowest BCUT2D eigenvalue weighted by Gasteiger charge is -2.23. The van der Waals surface area contributed by atoms with Crippen molar-refractivity contribution in [2.45, 2.75) is 4.90 Å². The summed E-state index contributed by atoms with van der Waals surface area (Å²) >= 11 is 0. The number of rotatable bonds is 5. The average molecular weight is 367 g/mol. The van der Waals surface area contributed by atoms with Gasteiger partial charge in [0, 0.05) is 17.1 Å². The molecule has 3 N–H and O–H groups in total. The van der Waals surface area contributed by atoms with Crippen LogP contribution in [0.1, 0.15) is 0 Å². The molecule has 0 radical (unpaired) electrons. The van der Waals surface area contributed by atoms with E-state index in [1.165, 1.54) is 30.3 Å². The van der Waals surface area contributed by atoms with E-state index in [2.05, 4.69) is 4.98 Å². The third kappa shape index (κ3) is 3.12. The number of hydrazine groups is 1. The van der Waals surface area contributed by atoms with Crippen molar-refractivity contribution in [1.29, 1.82) is 0 Å². The molecular weight excluding hydrogens is 354 g/mol. The molecule has 0 spiro atoms. The zero-order valence-electron chi connectivity index (χ0n) is 12.1. The Morgan fingerprint density at radius 3 is 2.29 bits per heavy atom. The number of aromatic nitrogens is 1. The maximum absolute atomic E-state index is 12.9. The summed E-state index contributed by atoms with van der Waals surface area (Å²) in [5.74, 6) is 0. The van der Waals surface area contributed by atoms with Crippen molar-refractivity contribution in [3.63, 3.8) is 0 Å². The van der Waals surface area contributed by atoms with Crippen LogP contribution < -0.4 is 9.25 Å². The fraction of sp³-hybridized carbons (Fsp3) is 0. The summed E-state index contributed by atoms with van der Waals surface area (Å²) in [5.41, 5.74) is 0.660. The number of anilines is 1. The highest BCUT2D eigenvalue weighted by molar-refractivity contribution is 7.94. The van der Waals surface area contributed by atoms with E-state index in [1.54, 1.807) is 35.3 Å². The van der Waals surface area contributed by atoms with Crippen LogP contribution in [0.2, 0.25) is 0 Å². The number of nitrogens with zero attached hydrogens (tertiary/aromatic N) is 1. The zero-order valence-corrected chi connectivity index (χ0v) is 13.8. The molecule has 1 heterocycles. The molecule has 2 aromatic carbocycles. The highest BCUT2D eigenvalue weighted by Gasteiger charge is 2.29. The molecule has 0 atom stereocenters. The summed E-state index contributed by atoms with van der Waals surface area (Å²) < 4.78 is 57.9. The second-order valence-corrected chi connectivity index (χ2v) is 7.78.